The van der Waals surface area contributed by atoms with Gasteiger partial charge in [-0.3, -0.25) is 9.59 Å². The molecule has 0 spiro atoms. The fraction of sp³-hybridized carbons (Fsp3) is 0.333. The van der Waals surface area contributed by atoms with E-state index in [4.69, 9.17) is 4.74 Å². The van der Waals surface area contributed by atoms with Crippen molar-refractivity contribution in [1.82, 2.24) is 5.32 Å². The topological polar surface area (TPSA) is 58.6 Å². The third-order valence-electron chi connectivity index (χ3n) is 3.92. The standard InChI is InChI=1S/C18H20N2O3S/c1-13(16-7-4-10-24-16)19-17(21)12-23-15-6-2-5-14(11-15)20-9-3-8-18(20)22/h2,4-7,10-11,13H,3,8-9,12H2,1H3,(H,19,21). The van der Waals surface area contributed by atoms with Crippen LogP contribution in [0.3, 0.4) is 0 Å². The minimum atomic E-state index is -0.168. The molecule has 1 saturated heterocycles. The third kappa shape index (κ3) is 3.94. The fourth-order valence-corrected chi connectivity index (χ4v) is 3.44. The number of nitrogens with one attached hydrogen (secondary N) is 1. The molecule has 1 aliphatic rings. The highest BCUT2D eigenvalue weighted by Gasteiger charge is 2.21. The number of thiophene rings is 1. The first kappa shape index (κ1) is 16.5. The summed E-state index contributed by atoms with van der Waals surface area (Å²) in [6.45, 7) is 2.64. The van der Waals surface area contributed by atoms with Gasteiger partial charge in [-0.15, -0.1) is 11.3 Å². The summed E-state index contributed by atoms with van der Waals surface area (Å²) in [6.07, 6.45) is 1.47. The van der Waals surface area contributed by atoms with Crippen molar-refractivity contribution in [1.29, 1.82) is 0 Å². The molecule has 2 amide bonds. The van der Waals surface area contributed by atoms with E-state index in [9.17, 15) is 9.59 Å². The van der Waals surface area contributed by atoms with E-state index in [0.29, 0.717) is 12.2 Å². The maximum atomic E-state index is 12.0. The van der Waals surface area contributed by atoms with Gasteiger partial charge in [-0.25, -0.2) is 0 Å². The highest BCUT2D eigenvalue weighted by atomic mass is 32.1. The van der Waals surface area contributed by atoms with E-state index < -0.39 is 0 Å². The van der Waals surface area contributed by atoms with E-state index in [-0.39, 0.29) is 24.5 Å². The van der Waals surface area contributed by atoms with Crippen LogP contribution in [0.15, 0.2) is 41.8 Å². The van der Waals surface area contributed by atoms with Crippen LogP contribution in [0.1, 0.15) is 30.7 Å². The van der Waals surface area contributed by atoms with Crippen molar-refractivity contribution in [3.8, 4) is 5.75 Å². The van der Waals surface area contributed by atoms with E-state index in [2.05, 4.69) is 5.32 Å². The summed E-state index contributed by atoms with van der Waals surface area (Å²) in [4.78, 5) is 26.7. The number of hydrogen-bond donors (Lipinski definition) is 1. The molecule has 0 saturated carbocycles. The van der Waals surface area contributed by atoms with Crippen molar-refractivity contribution in [2.24, 2.45) is 0 Å². The van der Waals surface area contributed by atoms with E-state index >= 15 is 0 Å². The minimum Gasteiger partial charge on any atom is -0.484 e. The first-order valence-electron chi connectivity index (χ1n) is 7.99. The van der Waals surface area contributed by atoms with Gasteiger partial charge in [-0.05, 0) is 36.9 Å². The molecule has 1 aliphatic heterocycles. The molecule has 1 unspecified atom stereocenters. The number of benzene rings is 1. The Balaban J connectivity index is 1.54. The zero-order chi connectivity index (χ0) is 16.9. The monoisotopic (exact) mass is 344 g/mol. The SMILES string of the molecule is CC(NC(=O)COc1cccc(N2CCCC2=O)c1)c1cccs1. The van der Waals surface area contributed by atoms with E-state index in [1.807, 2.05) is 36.6 Å². The Morgan fingerprint density at radius 2 is 2.25 bits per heavy atom. The van der Waals surface area contributed by atoms with E-state index in [1.54, 1.807) is 28.4 Å². The van der Waals surface area contributed by atoms with Gasteiger partial charge in [0.25, 0.3) is 5.91 Å². The van der Waals surface area contributed by atoms with Crippen molar-refractivity contribution in [2.45, 2.75) is 25.8 Å². The second kappa shape index (κ2) is 7.49. The molecule has 126 valence electrons. The molecule has 1 fully saturated rings. The number of amides is 2. The van der Waals surface area contributed by atoms with Gasteiger partial charge in [-0.1, -0.05) is 12.1 Å². The molecule has 0 bridgehead atoms. The predicted molar refractivity (Wildman–Crippen MR) is 94.4 cm³/mol. The first-order valence-corrected chi connectivity index (χ1v) is 8.87. The average molecular weight is 344 g/mol. The molecule has 1 N–H and O–H groups in total. The molecule has 0 radical (unpaired) electrons. The molecular formula is C18H20N2O3S. The quantitative estimate of drug-likeness (QED) is 0.876. The van der Waals surface area contributed by atoms with Crippen LogP contribution in [0.2, 0.25) is 0 Å². The Morgan fingerprint density at radius 3 is 2.96 bits per heavy atom. The molecule has 1 aromatic heterocycles. The smallest absolute Gasteiger partial charge is 0.258 e. The van der Waals surface area contributed by atoms with Crippen LogP contribution in [0.5, 0.6) is 5.75 Å². The Hall–Kier alpha value is -2.34. The highest BCUT2D eigenvalue weighted by molar-refractivity contribution is 7.10. The fourth-order valence-electron chi connectivity index (χ4n) is 2.70. The number of hydrogen-bond acceptors (Lipinski definition) is 4. The number of ether oxygens (including phenoxy) is 1. The Bertz CT molecular complexity index is 715. The molecule has 2 aromatic rings. The lowest BCUT2D eigenvalue weighted by molar-refractivity contribution is -0.123. The lowest BCUT2D eigenvalue weighted by Crippen LogP contribution is -2.31. The van der Waals surface area contributed by atoms with Crippen molar-refractivity contribution in [2.75, 3.05) is 18.1 Å². The number of carbonyl (C=O) groups excluding carboxylic acids is 2. The summed E-state index contributed by atoms with van der Waals surface area (Å²) >= 11 is 1.61. The van der Waals surface area contributed by atoms with E-state index in [1.165, 1.54) is 0 Å². The number of rotatable bonds is 6. The lowest BCUT2D eigenvalue weighted by Gasteiger charge is -2.17. The first-order chi connectivity index (χ1) is 11.6. The summed E-state index contributed by atoms with van der Waals surface area (Å²) < 4.78 is 5.57. The second-order valence-corrected chi connectivity index (χ2v) is 6.72. The van der Waals surface area contributed by atoms with Crippen molar-refractivity contribution < 1.29 is 14.3 Å². The summed E-state index contributed by atoms with van der Waals surface area (Å²) in [5.74, 6) is 0.555. The van der Waals surface area contributed by atoms with Crippen LogP contribution in [-0.4, -0.2) is 25.0 Å². The lowest BCUT2D eigenvalue weighted by atomic mass is 10.2. The zero-order valence-corrected chi connectivity index (χ0v) is 14.3. The van der Waals surface area contributed by atoms with Crippen LogP contribution in [0.4, 0.5) is 5.69 Å². The third-order valence-corrected chi connectivity index (χ3v) is 4.98. The summed E-state index contributed by atoms with van der Waals surface area (Å²) in [7, 11) is 0. The van der Waals surface area contributed by atoms with Crippen molar-refractivity contribution >= 4 is 28.8 Å². The van der Waals surface area contributed by atoms with Crippen LogP contribution in [0.25, 0.3) is 0 Å². The van der Waals surface area contributed by atoms with Gasteiger partial charge in [-0.2, -0.15) is 0 Å². The van der Waals surface area contributed by atoms with Gasteiger partial charge in [0.15, 0.2) is 6.61 Å². The largest absolute Gasteiger partial charge is 0.484 e. The molecule has 3 rings (SSSR count). The number of carbonyl (C=O) groups is 2. The Kier molecular flexibility index (Phi) is 5.15. The van der Waals surface area contributed by atoms with Gasteiger partial charge in [0.1, 0.15) is 5.75 Å². The zero-order valence-electron chi connectivity index (χ0n) is 13.5. The normalized spacial score (nSPS) is 15.4. The predicted octanol–water partition coefficient (Wildman–Crippen LogP) is 3.13. The Labute approximate surface area is 145 Å². The maximum absolute atomic E-state index is 12.0. The molecule has 24 heavy (non-hydrogen) atoms. The second-order valence-electron chi connectivity index (χ2n) is 5.74. The molecule has 0 aliphatic carbocycles. The van der Waals surface area contributed by atoms with Crippen LogP contribution < -0.4 is 15.0 Å². The molecule has 6 heteroatoms. The number of nitrogens with zero attached hydrogens (tertiary/aromatic N) is 1. The highest BCUT2D eigenvalue weighted by Crippen LogP contribution is 2.25. The van der Waals surface area contributed by atoms with Gasteiger partial charge in [0, 0.05) is 29.6 Å². The van der Waals surface area contributed by atoms with Crippen LogP contribution in [0, 0.1) is 0 Å². The van der Waals surface area contributed by atoms with Gasteiger partial charge in [0.2, 0.25) is 5.91 Å². The van der Waals surface area contributed by atoms with Crippen molar-refractivity contribution in [3.05, 3.63) is 46.7 Å². The molecule has 1 aromatic carbocycles. The van der Waals surface area contributed by atoms with Crippen LogP contribution >= 0.6 is 11.3 Å². The number of anilines is 1. The summed E-state index contributed by atoms with van der Waals surface area (Å²) in [5.41, 5.74) is 0.822. The van der Waals surface area contributed by atoms with Crippen LogP contribution in [-0.2, 0) is 9.59 Å². The summed E-state index contributed by atoms with van der Waals surface area (Å²) in [5, 5.41) is 4.90. The maximum Gasteiger partial charge on any atom is 0.258 e. The Morgan fingerprint density at radius 1 is 1.38 bits per heavy atom. The van der Waals surface area contributed by atoms with Gasteiger partial charge >= 0.3 is 0 Å². The van der Waals surface area contributed by atoms with E-state index in [0.717, 1.165) is 23.5 Å². The molecule has 2 heterocycles. The molecule has 1 atom stereocenters. The molecule has 5 nitrogen and oxygen atoms in total. The minimum absolute atomic E-state index is 0.0327. The summed E-state index contributed by atoms with van der Waals surface area (Å²) in [6, 6.07) is 11.2. The average Bonchev–Trinajstić information content (AvgIpc) is 3.24. The van der Waals surface area contributed by atoms with Gasteiger partial charge < -0.3 is 15.0 Å². The van der Waals surface area contributed by atoms with Crippen molar-refractivity contribution in [3.63, 3.8) is 0 Å². The van der Waals surface area contributed by atoms with Gasteiger partial charge in [0.05, 0.1) is 6.04 Å². The molecular weight excluding hydrogens is 324 g/mol.